The molecule has 0 bridgehead atoms. The molecule has 2 N–H and O–H groups in total. The quantitative estimate of drug-likeness (QED) is 0.836. The highest BCUT2D eigenvalue weighted by Gasteiger charge is 2.41. The number of nitrogens with zero attached hydrogens (tertiary/aromatic N) is 2. The van der Waals surface area contributed by atoms with Gasteiger partial charge in [-0.15, -0.1) is 0 Å². The Kier molecular flexibility index (Phi) is 5.10. The van der Waals surface area contributed by atoms with Crippen molar-refractivity contribution >= 4 is 10.0 Å². The molecule has 2 fully saturated rings. The van der Waals surface area contributed by atoms with Gasteiger partial charge in [0.25, 0.3) is 0 Å². The third-order valence-electron chi connectivity index (χ3n) is 5.26. The number of hydrogen-bond acceptors (Lipinski definition) is 4. The fourth-order valence-electron chi connectivity index (χ4n) is 3.91. The Morgan fingerprint density at radius 1 is 1.25 bits per heavy atom. The SMILES string of the molecule is CCC1CCCC(CN)(N2CCN(S(C)(=O)=O)CC2)C1. The summed E-state index contributed by atoms with van der Waals surface area (Å²) in [4.78, 5) is 2.47. The van der Waals surface area contributed by atoms with E-state index in [2.05, 4.69) is 11.8 Å². The van der Waals surface area contributed by atoms with Gasteiger partial charge in [0.1, 0.15) is 0 Å². The first-order valence-electron chi connectivity index (χ1n) is 7.81. The Bertz CT molecular complexity index is 418. The lowest BCUT2D eigenvalue weighted by molar-refractivity contribution is 0.0129. The molecule has 118 valence electrons. The summed E-state index contributed by atoms with van der Waals surface area (Å²) in [5.74, 6) is 0.778. The molecule has 0 aromatic rings. The smallest absolute Gasteiger partial charge is 0.211 e. The molecule has 0 aromatic heterocycles. The molecule has 0 aromatic carbocycles. The number of nitrogens with two attached hydrogens (primary N) is 1. The zero-order valence-corrected chi connectivity index (χ0v) is 13.7. The maximum Gasteiger partial charge on any atom is 0.211 e. The minimum atomic E-state index is -3.05. The summed E-state index contributed by atoms with van der Waals surface area (Å²) in [5, 5.41) is 0. The highest BCUT2D eigenvalue weighted by Crippen LogP contribution is 2.38. The predicted molar refractivity (Wildman–Crippen MR) is 82.0 cm³/mol. The Morgan fingerprint density at radius 3 is 2.40 bits per heavy atom. The average Bonchev–Trinajstić information content (AvgIpc) is 2.46. The van der Waals surface area contributed by atoms with Crippen LogP contribution in [0, 0.1) is 5.92 Å². The molecule has 2 unspecified atom stereocenters. The first-order valence-corrected chi connectivity index (χ1v) is 9.66. The molecule has 2 aliphatic rings. The maximum atomic E-state index is 11.6. The molecule has 5 nitrogen and oxygen atoms in total. The molecule has 0 amide bonds. The van der Waals surface area contributed by atoms with E-state index in [1.165, 1.54) is 38.4 Å². The van der Waals surface area contributed by atoms with E-state index in [1.54, 1.807) is 4.31 Å². The molecule has 0 radical (unpaired) electrons. The number of rotatable bonds is 4. The van der Waals surface area contributed by atoms with Crippen molar-refractivity contribution in [3.8, 4) is 0 Å². The van der Waals surface area contributed by atoms with Crippen LogP contribution >= 0.6 is 0 Å². The largest absolute Gasteiger partial charge is 0.329 e. The van der Waals surface area contributed by atoms with E-state index in [1.807, 2.05) is 0 Å². The summed E-state index contributed by atoms with van der Waals surface area (Å²) in [6.45, 7) is 5.82. The van der Waals surface area contributed by atoms with Gasteiger partial charge in [-0.05, 0) is 18.8 Å². The van der Waals surface area contributed by atoms with Gasteiger partial charge in [-0.1, -0.05) is 26.2 Å². The first-order chi connectivity index (χ1) is 9.41. The topological polar surface area (TPSA) is 66.6 Å². The molecule has 20 heavy (non-hydrogen) atoms. The van der Waals surface area contributed by atoms with Gasteiger partial charge in [-0.3, -0.25) is 4.90 Å². The van der Waals surface area contributed by atoms with Crippen molar-refractivity contribution < 1.29 is 8.42 Å². The van der Waals surface area contributed by atoms with E-state index >= 15 is 0 Å². The maximum absolute atomic E-state index is 11.6. The van der Waals surface area contributed by atoms with Crippen LogP contribution in [-0.2, 0) is 10.0 Å². The Morgan fingerprint density at radius 2 is 1.90 bits per heavy atom. The summed E-state index contributed by atoms with van der Waals surface area (Å²) in [5.41, 5.74) is 6.25. The van der Waals surface area contributed by atoms with E-state index in [4.69, 9.17) is 5.73 Å². The fraction of sp³-hybridized carbons (Fsp3) is 1.00. The van der Waals surface area contributed by atoms with Gasteiger partial charge < -0.3 is 5.73 Å². The molecular weight excluding hydrogens is 274 g/mol. The van der Waals surface area contributed by atoms with Crippen molar-refractivity contribution in [1.29, 1.82) is 0 Å². The highest BCUT2D eigenvalue weighted by molar-refractivity contribution is 7.88. The van der Waals surface area contributed by atoms with Crippen LogP contribution in [-0.4, -0.2) is 62.1 Å². The summed E-state index contributed by atoms with van der Waals surface area (Å²) < 4.78 is 24.8. The molecule has 0 spiro atoms. The second-order valence-corrected chi connectivity index (χ2v) is 8.43. The summed E-state index contributed by atoms with van der Waals surface area (Å²) in [6, 6.07) is 0. The van der Waals surface area contributed by atoms with Crippen LogP contribution in [0.4, 0.5) is 0 Å². The molecule has 1 saturated heterocycles. The van der Waals surface area contributed by atoms with Gasteiger partial charge in [0.05, 0.1) is 6.26 Å². The van der Waals surface area contributed by atoms with Gasteiger partial charge in [0, 0.05) is 38.3 Å². The first kappa shape index (κ1) is 16.2. The van der Waals surface area contributed by atoms with Crippen LogP contribution in [0.15, 0.2) is 0 Å². The van der Waals surface area contributed by atoms with Crippen LogP contribution in [0.3, 0.4) is 0 Å². The van der Waals surface area contributed by atoms with Gasteiger partial charge in [0.2, 0.25) is 10.0 Å². The van der Waals surface area contributed by atoms with E-state index < -0.39 is 10.0 Å². The van der Waals surface area contributed by atoms with E-state index in [-0.39, 0.29) is 5.54 Å². The Labute approximate surface area is 123 Å². The van der Waals surface area contributed by atoms with Gasteiger partial charge in [-0.2, -0.15) is 4.31 Å². The van der Waals surface area contributed by atoms with E-state index in [9.17, 15) is 8.42 Å². The molecule has 2 atom stereocenters. The van der Waals surface area contributed by atoms with Crippen molar-refractivity contribution in [2.45, 2.75) is 44.6 Å². The van der Waals surface area contributed by atoms with E-state index in [0.717, 1.165) is 19.0 Å². The third-order valence-corrected chi connectivity index (χ3v) is 6.56. The van der Waals surface area contributed by atoms with E-state index in [0.29, 0.717) is 19.6 Å². The average molecular weight is 303 g/mol. The van der Waals surface area contributed by atoms with Crippen molar-refractivity contribution in [1.82, 2.24) is 9.21 Å². The van der Waals surface area contributed by atoms with Gasteiger partial charge in [-0.25, -0.2) is 8.42 Å². The van der Waals surface area contributed by atoms with Crippen LogP contribution < -0.4 is 5.73 Å². The van der Waals surface area contributed by atoms with Crippen molar-refractivity contribution in [2.75, 3.05) is 39.0 Å². The molecule has 1 aliphatic carbocycles. The zero-order valence-electron chi connectivity index (χ0n) is 12.8. The molecule has 1 saturated carbocycles. The van der Waals surface area contributed by atoms with Crippen LogP contribution in [0.25, 0.3) is 0 Å². The second kappa shape index (κ2) is 6.30. The van der Waals surface area contributed by atoms with Crippen LogP contribution in [0.1, 0.15) is 39.0 Å². The minimum Gasteiger partial charge on any atom is -0.329 e. The lowest BCUT2D eigenvalue weighted by atomic mass is 9.73. The molecule has 1 heterocycles. The lowest BCUT2D eigenvalue weighted by Gasteiger charge is -2.50. The van der Waals surface area contributed by atoms with Gasteiger partial charge >= 0.3 is 0 Å². The fourth-order valence-corrected chi connectivity index (χ4v) is 4.73. The second-order valence-electron chi connectivity index (χ2n) is 6.45. The molecule has 1 aliphatic heterocycles. The summed E-state index contributed by atoms with van der Waals surface area (Å²) in [6.07, 6.45) is 7.45. The normalized spacial score (nSPS) is 34.2. The highest BCUT2D eigenvalue weighted by atomic mass is 32.2. The lowest BCUT2D eigenvalue weighted by Crippen LogP contribution is -2.62. The van der Waals surface area contributed by atoms with Crippen molar-refractivity contribution in [3.05, 3.63) is 0 Å². The number of piperazine rings is 1. The Hall–Kier alpha value is -0.170. The predicted octanol–water partition coefficient (Wildman–Crippen LogP) is 0.861. The molecule has 2 rings (SSSR count). The summed E-state index contributed by atoms with van der Waals surface area (Å²) >= 11 is 0. The third kappa shape index (κ3) is 3.35. The minimum absolute atomic E-state index is 0.114. The molecular formula is C14H29N3O2S. The standard InChI is InChI=1S/C14H29N3O2S/c1-3-13-5-4-6-14(11-13,12-15)16-7-9-17(10-8-16)20(2,18)19/h13H,3-12,15H2,1-2H3. The number of hydrogen-bond donors (Lipinski definition) is 1. The monoisotopic (exact) mass is 303 g/mol. The molecule has 6 heteroatoms. The van der Waals surface area contributed by atoms with Crippen LogP contribution in [0.5, 0.6) is 0 Å². The zero-order chi connectivity index (χ0) is 14.8. The van der Waals surface area contributed by atoms with Crippen molar-refractivity contribution in [3.63, 3.8) is 0 Å². The van der Waals surface area contributed by atoms with Gasteiger partial charge in [0.15, 0.2) is 0 Å². The number of sulfonamides is 1. The van der Waals surface area contributed by atoms with Crippen molar-refractivity contribution in [2.24, 2.45) is 11.7 Å². The van der Waals surface area contributed by atoms with Crippen LogP contribution in [0.2, 0.25) is 0 Å². The Balaban J connectivity index is 2.03. The summed E-state index contributed by atoms with van der Waals surface area (Å²) in [7, 11) is -3.05.